The van der Waals surface area contributed by atoms with Crippen LogP contribution in [0.5, 0.6) is 0 Å². The lowest BCUT2D eigenvalue weighted by Crippen LogP contribution is -2.29. The van der Waals surface area contributed by atoms with Crippen molar-refractivity contribution in [2.75, 3.05) is 13.1 Å². The molecule has 0 N–H and O–H groups in total. The van der Waals surface area contributed by atoms with E-state index < -0.39 is 0 Å². The van der Waals surface area contributed by atoms with Crippen molar-refractivity contribution >= 4 is 33.0 Å². The number of fused-ring (bicyclic) bond motifs is 1. The molecule has 1 fully saturated rings. The molecule has 0 saturated carbocycles. The first-order chi connectivity index (χ1) is 13.7. The topological polar surface area (TPSA) is 64.2 Å². The van der Waals surface area contributed by atoms with Gasteiger partial charge < -0.3 is 13.9 Å². The second-order valence-electron chi connectivity index (χ2n) is 6.87. The molecule has 0 radical (unpaired) electrons. The third-order valence-electron chi connectivity index (χ3n) is 5.12. The predicted molar refractivity (Wildman–Crippen MR) is 109 cm³/mol. The van der Waals surface area contributed by atoms with Gasteiger partial charge in [-0.15, -0.1) is 0 Å². The Bertz CT molecular complexity index is 1150. The fraction of sp³-hybridized carbons (Fsp3) is 0.190. The SMILES string of the molecule is O=C(c1cccc(Br)c1)N1CCC(n2c(-c3ccoc3)nc3cccnc32)C1. The van der Waals surface area contributed by atoms with E-state index in [1.54, 1.807) is 18.7 Å². The average molecular weight is 437 g/mol. The summed E-state index contributed by atoms with van der Waals surface area (Å²) in [5.41, 5.74) is 3.28. The molecule has 28 heavy (non-hydrogen) atoms. The van der Waals surface area contributed by atoms with Crippen LogP contribution in [-0.2, 0) is 0 Å². The van der Waals surface area contributed by atoms with Gasteiger partial charge >= 0.3 is 0 Å². The van der Waals surface area contributed by atoms with Crippen LogP contribution in [0, 0.1) is 0 Å². The largest absolute Gasteiger partial charge is 0.472 e. The van der Waals surface area contributed by atoms with Crippen LogP contribution in [0.2, 0.25) is 0 Å². The van der Waals surface area contributed by atoms with E-state index in [1.165, 1.54) is 0 Å². The number of pyridine rings is 1. The Balaban J connectivity index is 1.50. The number of hydrogen-bond donors (Lipinski definition) is 0. The molecule has 1 atom stereocenters. The highest BCUT2D eigenvalue weighted by molar-refractivity contribution is 9.10. The molecule has 0 aliphatic carbocycles. The summed E-state index contributed by atoms with van der Waals surface area (Å²) in [7, 11) is 0. The van der Waals surface area contributed by atoms with E-state index in [2.05, 4.69) is 25.5 Å². The van der Waals surface area contributed by atoms with Crippen molar-refractivity contribution in [3.05, 3.63) is 71.2 Å². The van der Waals surface area contributed by atoms with Gasteiger partial charge in [0, 0.05) is 29.3 Å². The first-order valence-electron chi connectivity index (χ1n) is 9.11. The molecule has 0 bridgehead atoms. The molecule has 4 heterocycles. The van der Waals surface area contributed by atoms with E-state index in [9.17, 15) is 4.79 Å². The van der Waals surface area contributed by atoms with E-state index in [1.807, 2.05) is 47.4 Å². The summed E-state index contributed by atoms with van der Waals surface area (Å²) >= 11 is 3.44. The number of nitrogens with zero attached hydrogens (tertiary/aromatic N) is 4. The van der Waals surface area contributed by atoms with E-state index >= 15 is 0 Å². The molecular weight excluding hydrogens is 420 g/mol. The summed E-state index contributed by atoms with van der Waals surface area (Å²) in [5.74, 6) is 0.871. The summed E-state index contributed by atoms with van der Waals surface area (Å²) in [5, 5.41) is 0. The van der Waals surface area contributed by atoms with Gasteiger partial charge in [-0.2, -0.15) is 0 Å². The van der Waals surface area contributed by atoms with Gasteiger partial charge in [0.15, 0.2) is 5.65 Å². The lowest BCUT2D eigenvalue weighted by molar-refractivity contribution is 0.0788. The van der Waals surface area contributed by atoms with Crippen LogP contribution in [-0.4, -0.2) is 38.4 Å². The lowest BCUT2D eigenvalue weighted by Gasteiger charge is -2.18. The maximum Gasteiger partial charge on any atom is 0.253 e. The lowest BCUT2D eigenvalue weighted by atomic mass is 10.2. The average Bonchev–Trinajstić information content (AvgIpc) is 3.45. The standard InChI is InChI=1S/C21H17BrN4O2/c22-16-4-1-3-14(11-16)21(27)25-9-6-17(12-25)26-19(15-7-10-28-13-15)24-18-5-2-8-23-20(18)26/h1-5,7-8,10-11,13,17H,6,9,12H2. The van der Waals surface area contributed by atoms with Gasteiger partial charge in [-0.1, -0.05) is 22.0 Å². The van der Waals surface area contributed by atoms with Gasteiger partial charge in [-0.05, 0) is 42.8 Å². The Morgan fingerprint density at radius 3 is 2.96 bits per heavy atom. The van der Waals surface area contributed by atoms with Crippen LogP contribution >= 0.6 is 15.9 Å². The van der Waals surface area contributed by atoms with Crippen LogP contribution in [0.25, 0.3) is 22.6 Å². The number of rotatable bonds is 3. The molecule has 1 aliphatic rings. The first kappa shape index (κ1) is 17.2. The highest BCUT2D eigenvalue weighted by atomic mass is 79.9. The number of carbonyl (C=O) groups is 1. The summed E-state index contributed by atoms with van der Waals surface area (Å²) in [6.45, 7) is 1.32. The van der Waals surface area contributed by atoms with Crippen molar-refractivity contribution in [3.8, 4) is 11.4 Å². The van der Waals surface area contributed by atoms with Gasteiger partial charge in [-0.3, -0.25) is 4.79 Å². The van der Waals surface area contributed by atoms with Gasteiger partial charge in [0.05, 0.1) is 17.9 Å². The summed E-state index contributed by atoms with van der Waals surface area (Å²) in [4.78, 5) is 24.2. The maximum absolute atomic E-state index is 12.9. The summed E-state index contributed by atoms with van der Waals surface area (Å²) in [6, 6.07) is 13.4. The molecule has 0 spiro atoms. The van der Waals surface area contributed by atoms with Crippen molar-refractivity contribution in [2.45, 2.75) is 12.5 Å². The van der Waals surface area contributed by atoms with Gasteiger partial charge in [0.1, 0.15) is 17.6 Å². The summed E-state index contributed by atoms with van der Waals surface area (Å²) < 4.78 is 8.32. The smallest absolute Gasteiger partial charge is 0.253 e. The number of aromatic nitrogens is 3. The van der Waals surface area contributed by atoms with Crippen molar-refractivity contribution in [3.63, 3.8) is 0 Å². The number of furan rings is 1. The minimum absolute atomic E-state index is 0.0473. The second-order valence-corrected chi connectivity index (χ2v) is 7.78. The number of imidazole rings is 1. The van der Waals surface area contributed by atoms with Gasteiger partial charge in [0.25, 0.3) is 5.91 Å². The Hall–Kier alpha value is -2.93. The van der Waals surface area contributed by atoms with Crippen LogP contribution < -0.4 is 0 Å². The van der Waals surface area contributed by atoms with Crippen molar-refractivity contribution in [1.82, 2.24) is 19.4 Å². The van der Waals surface area contributed by atoms with Crippen molar-refractivity contribution in [1.29, 1.82) is 0 Å². The van der Waals surface area contributed by atoms with Gasteiger partial charge in [-0.25, -0.2) is 9.97 Å². The van der Waals surface area contributed by atoms with Crippen LogP contribution in [0.4, 0.5) is 0 Å². The number of carbonyl (C=O) groups excluding carboxylic acids is 1. The zero-order chi connectivity index (χ0) is 19.1. The van der Waals surface area contributed by atoms with E-state index in [-0.39, 0.29) is 11.9 Å². The quantitative estimate of drug-likeness (QED) is 0.472. The number of benzene rings is 1. The number of likely N-dealkylation sites (tertiary alicyclic amines) is 1. The number of hydrogen-bond acceptors (Lipinski definition) is 4. The predicted octanol–water partition coefficient (Wildman–Crippen LogP) is 4.54. The first-order valence-corrected chi connectivity index (χ1v) is 9.90. The monoisotopic (exact) mass is 436 g/mol. The zero-order valence-electron chi connectivity index (χ0n) is 15.0. The molecule has 1 aromatic carbocycles. The second kappa shape index (κ2) is 6.91. The molecule has 3 aromatic heterocycles. The molecular formula is C21H17BrN4O2. The molecule has 1 saturated heterocycles. The van der Waals surface area contributed by atoms with E-state index in [4.69, 9.17) is 9.40 Å². The molecule has 7 heteroatoms. The number of amides is 1. The van der Waals surface area contributed by atoms with Crippen molar-refractivity contribution in [2.24, 2.45) is 0 Å². The third-order valence-corrected chi connectivity index (χ3v) is 5.61. The van der Waals surface area contributed by atoms with E-state index in [0.29, 0.717) is 18.7 Å². The Labute approximate surface area is 169 Å². The normalized spacial score (nSPS) is 16.8. The molecule has 1 amide bonds. The molecule has 6 nitrogen and oxygen atoms in total. The number of halogens is 1. The maximum atomic E-state index is 12.9. The minimum Gasteiger partial charge on any atom is -0.472 e. The fourth-order valence-corrected chi connectivity index (χ4v) is 4.21. The van der Waals surface area contributed by atoms with E-state index in [0.717, 1.165) is 33.4 Å². The fourth-order valence-electron chi connectivity index (χ4n) is 3.81. The third kappa shape index (κ3) is 2.92. The summed E-state index contributed by atoms with van der Waals surface area (Å²) in [6.07, 6.45) is 5.97. The van der Waals surface area contributed by atoms with Crippen LogP contribution in [0.1, 0.15) is 22.8 Å². The molecule has 5 rings (SSSR count). The molecule has 1 aliphatic heterocycles. The highest BCUT2D eigenvalue weighted by Crippen LogP contribution is 2.32. The zero-order valence-corrected chi connectivity index (χ0v) is 16.5. The van der Waals surface area contributed by atoms with Gasteiger partial charge in [0.2, 0.25) is 0 Å². The van der Waals surface area contributed by atoms with Crippen LogP contribution in [0.3, 0.4) is 0 Å². The molecule has 1 unspecified atom stereocenters. The minimum atomic E-state index is 0.0473. The Morgan fingerprint density at radius 2 is 2.14 bits per heavy atom. The molecule has 4 aromatic rings. The highest BCUT2D eigenvalue weighted by Gasteiger charge is 2.31. The molecule has 140 valence electrons. The Morgan fingerprint density at radius 1 is 1.21 bits per heavy atom. The van der Waals surface area contributed by atoms with Crippen molar-refractivity contribution < 1.29 is 9.21 Å². The Kier molecular flexibility index (Phi) is 4.24. The van der Waals surface area contributed by atoms with Crippen LogP contribution in [0.15, 0.2) is 70.1 Å².